The van der Waals surface area contributed by atoms with Gasteiger partial charge in [0, 0.05) is 23.7 Å². The highest BCUT2D eigenvalue weighted by molar-refractivity contribution is 6.30. The van der Waals surface area contributed by atoms with Gasteiger partial charge in [-0.2, -0.15) is 0 Å². The molecule has 1 fully saturated rings. The van der Waals surface area contributed by atoms with Crippen LogP contribution in [0.1, 0.15) is 30.1 Å². The molecular formula is C24H25ClN2O6. The first kappa shape index (κ1) is 23.1. The Kier molecular flexibility index (Phi) is 7.15. The van der Waals surface area contributed by atoms with Crippen molar-refractivity contribution in [1.82, 2.24) is 5.32 Å². The molecule has 2 atom stereocenters. The van der Waals surface area contributed by atoms with E-state index in [1.807, 2.05) is 0 Å². The Bertz CT molecular complexity index is 1040. The molecule has 9 heteroatoms. The second-order valence-corrected chi connectivity index (χ2v) is 8.39. The van der Waals surface area contributed by atoms with E-state index < -0.39 is 6.04 Å². The third-order valence-corrected chi connectivity index (χ3v) is 5.89. The van der Waals surface area contributed by atoms with Crippen molar-refractivity contribution >= 4 is 34.9 Å². The van der Waals surface area contributed by atoms with Crippen molar-refractivity contribution in [2.45, 2.75) is 31.9 Å². The zero-order valence-electron chi connectivity index (χ0n) is 18.2. The Balaban J connectivity index is 1.46. The number of halogens is 1. The number of ether oxygens (including phenoxy) is 3. The SMILES string of the molecule is C[C@H](C(=O)NC[C@H]1CCCO1)N1C(=O)COc2ccc(C(=O)COc3ccc(Cl)cc3)cc21. The fourth-order valence-corrected chi connectivity index (χ4v) is 3.94. The predicted octanol–water partition coefficient (Wildman–Crippen LogP) is 3.01. The van der Waals surface area contributed by atoms with Crippen LogP contribution in [-0.4, -0.2) is 56.1 Å². The number of nitrogens with one attached hydrogen (secondary N) is 1. The summed E-state index contributed by atoms with van der Waals surface area (Å²) in [6, 6.07) is 10.7. The number of hydrogen-bond donors (Lipinski definition) is 1. The Morgan fingerprint density at radius 1 is 1.24 bits per heavy atom. The second-order valence-electron chi connectivity index (χ2n) is 7.96. The molecule has 1 N–H and O–H groups in total. The van der Waals surface area contributed by atoms with Crippen molar-refractivity contribution in [3.8, 4) is 11.5 Å². The zero-order valence-corrected chi connectivity index (χ0v) is 19.0. The van der Waals surface area contributed by atoms with E-state index in [-0.39, 0.29) is 36.9 Å². The summed E-state index contributed by atoms with van der Waals surface area (Å²) in [5.74, 6) is 0.0194. The molecule has 0 bridgehead atoms. The summed E-state index contributed by atoms with van der Waals surface area (Å²) in [5.41, 5.74) is 0.723. The smallest absolute Gasteiger partial charge is 0.265 e. The van der Waals surface area contributed by atoms with Gasteiger partial charge in [-0.05, 0) is 62.2 Å². The van der Waals surface area contributed by atoms with Crippen LogP contribution in [0, 0.1) is 0 Å². The molecule has 0 aromatic heterocycles. The number of carbonyl (C=O) groups is 3. The fourth-order valence-electron chi connectivity index (χ4n) is 3.82. The number of fused-ring (bicyclic) bond motifs is 1. The number of hydrogen-bond acceptors (Lipinski definition) is 6. The summed E-state index contributed by atoms with van der Waals surface area (Å²) in [6.07, 6.45) is 1.88. The number of rotatable bonds is 8. The first-order valence-corrected chi connectivity index (χ1v) is 11.2. The monoisotopic (exact) mass is 472 g/mol. The highest BCUT2D eigenvalue weighted by Gasteiger charge is 2.34. The van der Waals surface area contributed by atoms with Crippen molar-refractivity contribution in [1.29, 1.82) is 0 Å². The van der Waals surface area contributed by atoms with Crippen LogP contribution in [0.4, 0.5) is 5.69 Å². The molecule has 2 aliphatic heterocycles. The minimum Gasteiger partial charge on any atom is -0.485 e. The van der Waals surface area contributed by atoms with Gasteiger partial charge in [-0.1, -0.05) is 11.6 Å². The lowest BCUT2D eigenvalue weighted by molar-refractivity contribution is -0.127. The number of amides is 2. The minimum atomic E-state index is -0.780. The van der Waals surface area contributed by atoms with Crippen LogP contribution < -0.4 is 19.7 Å². The number of carbonyl (C=O) groups excluding carboxylic acids is 3. The fraction of sp³-hybridized carbons (Fsp3) is 0.375. The van der Waals surface area contributed by atoms with Crippen LogP contribution >= 0.6 is 11.6 Å². The van der Waals surface area contributed by atoms with E-state index in [9.17, 15) is 14.4 Å². The van der Waals surface area contributed by atoms with Gasteiger partial charge in [-0.3, -0.25) is 19.3 Å². The van der Waals surface area contributed by atoms with Crippen molar-refractivity contribution < 1.29 is 28.6 Å². The van der Waals surface area contributed by atoms with E-state index in [4.69, 9.17) is 25.8 Å². The standard InChI is InChI=1S/C24H25ClN2O6/c1-15(24(30)26-12-19-3-2-10-31-19)27-20-11-16(4-9-22(20)33-14-23(27)29)21(28)13-32-18-7-5-17(25)6-8-18/h4-9,11,15,19H,2-3,10,12-14H2,1H3,(H,26,30)/t15-,19-/m1/s1. The van der Waals surface area contributed by atoms with Crippen LogP contribution in [0.5, 0.6) is 11.5 Å². The summed E-state index contributed by atoms with van der Waals surface area (Å²) in [5, 5.41) is 3.43. The first-order valence-electron chi connectivity index (χ1n) is 10.8. The highest BCUT2D eigenvalue weighted by atomic mass is 35.5. The quantitative estimate of drug-likeness (QED) is 0.593. The molecule has 2 aromatic rings. The molecule has 0 radical (unpaired) electrons. The average molecular weight is 473 g/mol. The molecule has 8 nitrogen and oxygen atoms in total. The van der Waals surface area contributed by atoms with Gasteiger partial charge >= 0.3 is 0 Å². The maximum Gasteiger partial charge on any atom is 0.265 e. The normalized spacial score (nSPS) is 18.3. The average Bonchev–Trinajstić information content (AvgIpc) is 3.35. The summed E-state index contributed by atoms with van der Waals surface area (Å²) >= 11 is 5.86. The molecule has 33 heavy (non-hydrogen) atoms. The molecular weight excluding hydrogens is 448 g/mol. The van der Waals surface area contributed by atoms with Crippen LogP contribution in [-0.2, 0) is 14.3 Å². The van der Waals surface area contributed by atoms with Gasteiger partial charge < -0.3 is 19.5 Å². The third-order valence-electron chi connectivity index (χ3n) is 5.64. The number of benzene rings is 2. The van der Waals surface area contributed by atoms with Crippen LogP contribution in [0.3, 0.4) is 0 Å². The lowest BCUT2D eigenvalue weighted by atomic mass is 10.1. The van der Waals surface area contributed by atoms with E-state index in [0.717, 1.165) is 12.8 Å². The van der Waals surface area contributed by atoms with Gasteiger partial charge in [0.05, 0.1) is 11.8 Å². The van der Waals surface area contributed by atoms with Gasteiger partial charge in [0.1, 0.15) is 17.5 Å². The molecule has 0 aliphatic carbocycles. The molecule has 4 rings (SSSR count). The highest BCUT2D eigenvalue weighted by Crippen LogP contribution is 2.34. The minimum absolute atomic E-state index is 0.00121. The zero-order chi connectivity index (χ0) is 23.4. The molecule has 0 unspecified atom stereocenters. The topological polar surface area (TPSA) is 94.2 Å². The van der Waals surface area contributed by atoms with E-state index >= 15 is 0 Å². The Labute approximate surface area is 196 Å². The Morgan fingerprint density at radius 2 is 2.03 bits per heavy atom. The molecule has 2 amide bonds. The molecule has 2 heterocycles. The summed E-state index contributed by atoms with van der Waals surface area (Å²) in [7, 11) is 0. The van der Waals surface area contributed by atoms with Crippen LogP contribution in [0.15, 0.2) is 42.5 Å². The van der Waals surface area contributed by atoms with Crippen LogP contribution in [0.25, 0.3) is 0 Å². The largest absolute Gasteiger partial charge is 0.485 e. The summed E-state index contributed by atoms with van der Waals surface area (Å²) in [6.45, 7) is 2.38. The van der Waals surface area contributed by atoms with Gasteiger partial charge in [0.15, 0.2) is 19.0 Å². The molecule has 0 spiro atoms. The summed E-state index contributed by atoms with van der Waals surface area (Å²) < 4.78 is 16.6. The van der Waals surface area contributed by atoms with Gasteiger partial charge in [-0.15, -0.1) is 0 Å². The maximum atomic E-state index is 12.8. The Hall–Kier alpha value is -3.10. The maximum absolute atomic E-state index is 12.8. The van der Waals surface area contributed by atoms with E-state index in [0.29, 0.717) is 40.9 Å². The Morgan fingerprint density at radius 3 is 2.76 bits per heavy atom. The number of anilines is 1. The molecule has 2 aliphatic rings. The van der Waals surface area contributed by atoms with E-state index in [2.05, 4.69) is 5.32 Å². The third kappa shape index (κ3) is 5.46. The molecule has 174 valence electrons. The van der Waals surface area contributed by atoms with Crippen molar-refractivity contribution in [2.75, 3.05) is 31.3 Å². The van der Waals surface area contributed by atoms with E-state index in [1.165, 1.54) is 4.90 Å². The van der Waals surface area contributed by atoms with E-state index in [1.54, 1.807) is 49.4 Å². The second kappa shape index (κ2) is 10.2. The number of ketones is 1. The number of nitrogens with zero attached hydrogens (tertiary/aromatic N) is 1. The van der Waals surface area contributed by atoms with Gasteiger partial charge in [0.25, 0.3) is 5.91 Å². The molecule has 1 saturated heterocycles. The number of Topliss-reactive ketones (excluding diaryl/α,β-unsaturated/α-hetero) is 1. The summed E-state index contributed by atoms with van der Waals surface area (Å²) in [4.78, 5) is 39.5. The lowest BCUT2D eigenvalue weighted by Gasteiger charge is -2.33. The molecule has 0 saturated carbocycles. The van der Waals surface area contributed by atoms with Crippen LogP contribution in [0.2, 0.25) is 5.02 Å². The predicted molar refractivity (Wildman–Crippen MR) is 122 cm³/mol. The van der Waals surface area contributed by atoms with Crippen molar-refractivity contribution in [3.63, 3.8) is 0 Å². The van der Waals surface area contributed by atoms with Crippen molar-refractivity contribution in [2.24, 2.45) is 0 Å². The van der Waals surface area contributed by atoms with Crippen molar-refractivity contribution in [3.05, 3.63) is 53.1 Å². The van der Waals surface area contributed by atoms with Gasteiger partial charge in [0.2, 0.25) is 5.91 Å². The first-order chi connectivity index (χ1) is 15.9. The molecule has 2 aromatic carbocycles. The lowest BCUT2D eigenvalue weighted by Crippen LogP contribution is -2.52. The van der Waals surface area contributed by atoms with Gasteiger partial charge in [-0.25, -0.2) is 0 Å².